The van der Waals surface area contributed by atoms with Crippen LogP contribution >= 0.6 is 15.9 Å². The first-order valence-corrected chi connectivity index (χ1v) is 5.71. The first kappa shape index (κ1) is 12.3. The van der Waals surface area contributed by atoms with Crippen molar-refractivity contribution in [2.75, 3.05) is 5.32 Å². The third-order valence-electron chi connectivity index (χ3n) is 2.13. The summed E-state index contributed by atoms with van der Waals surface area (Å²) in [5, 5.41) is 17.6. The Hall–Kier alpha value is -2.15. The maximum absolute atomic E-state index is 11.2. The van der Waals surface area contributed by atoms with E-state index in [-0.39, 0.29) is 11.4 Å². The number of benzene rings is 1. The van der Waals surface area contributed by atoms with Crippen molar-refractivity contribution in [3.05, 3.63) is 50.7 Å². The van der Waals surface area contributed by atoms with E-state index in [2.05, 4.69) is 31.4 Å². The Balaban J connectivity index is 2.33. The van der Waals surface area contributed by atoms with E-state index in [4.69, 9.17) is 5.11 Å². The lowest BCUT2D eigenvalue weighted by atomic mass is 10.3. The molecule has 0 atom stereocenters. The van der Waals surface area contributed by atoms with Gasteiger partial charge in [0.1, 0.15) is 5.56 Å². The Morgan fingerprint density at radius 3 is 2.83 bits per heavy atom. The van der Waals surface area contributed by atoms with E-state index >= 15 is 0 Å². The standard InChI is InChI=1S/C11H8BrN3O3/c12-6-2-1-3-7(4-6)13-9-5-8(11(17)18)10(16)15-14-9/h1-5H,(H,13,14)(H,15,16)(H,17,18). The molecule has 0 unspecified atom stereocenters. The quantitative estimate of drug-likeness (QED) is 0.805. The minimum Gasteiger partial charge on any atom is -0.477 e. The second kappa shape index (κ2) is 5.01. The first-order chi connectivity index (χ1) is 8.56. The topological polar surface area (TPSA) is 95.1 Å². The number of aromatic nitrogens is 2. The van der Waals surface area contributed by atoms with Crippen molar-refractivity contribution in [2.24, 2.45) is 0 Å². The smallest absolute Gasteiger partial charge is 0.341 e. The molecule has 3 N–H and O–H groups in total. The number of nitrogens with zero attached hydrogens (tertiary/aromatic N) is 1. The SMILES string of the molecule is O=C(O)c1cc(Nc2cccc(Br)c2)n[nH]c1=O. The molecule has 0 amide bonds. The zero-order valence-electron chi connectivity index (χ0n) is 8.98. The molecule has 6 nitrogen and oxygen atoms in total. The first-order valence-electron chi connectivity index (χ1n) is 4.92. The molecule has 1 aromatic heterocycles. The Morgan fingerprint density at radius 2 is 2.17 bits per heavy atom. The van der Waals surface area contributed by atoms with Crippen LogP contribution in [0.25, 0.3) is 0 Å². The van der Waals surface area contributed by atoms with E-state index in [9.17, 15) is 9.59 Å². The van der Waals surface area contributed by atoms with Crippen LogP contribution in [0.5, 0.6) is 0 Å². The van der Waals surface area contributed by atoms with E-state index in [0.717, 1.165) is 10.2 Å². The van der Waals surface area contributed by atoms with Gasteiger partial charge in [0.2, 0.25) is 0 Å². The molecule has 0 aliphatic carbocycles. The summed E-state index contributed by atoms with van der Waals surface area (Å²) in [5.41, 5.74) is -0.370. The molecule has 0 bridgehead atoms. The number of aromatic amines is 1. The minimum absolute atomic E-state index is 0.255. The van der Waals surface area contributed by atoms with Gasteiger partial charge in [-0.15, -0.1) is 0 Å². The van der Waals surface area contributed by atoms with E-state index in [1.807, 2.05) is 12.1 Å². The summed E-state index contributed by atoms with van der Waals surface area (Å²) >= 11 is 3.31. The third-order valence-corrected chi connectivity index (χ3v) is 2.62. The van der Waals surface area contributed by atoms with Gasteiger partial charge in [-0.2, -0.15) is 5.10 Å². The number of carboxylic acids is 1. The van der Waals surface area contributed by atoms with Crippen LogP contribution in [-0.2, 0) is 0 Å². The van der Waals surface area contributed by atoms with Crippen LogP contribution in [0.2, 0.25) is 0 Å². The lowest BCUT2D eigenvalue weighted by Gasteiger charge is -2.05. The average Bonchev–Trinajstić information content (AvgIpc) is 2.31. The van der Waals surface area contributed by atoms with Gasteiger partial charge in [0, 0.05) is 16.2 Å². The maximum Gasteiger partial charge on any atom is 0.341 e. The molecule has 7 heteroatoms. The summed E-state index contributed by atoms with van der Waals surface area (Å²) in [7, 11) is 0. The zero-order valence-corrected chi connectivity index (χ0v) is 10.6. The lowest BCUT2D eigenvalue weighted by Crippen LogP contribution is -2.19. The highest BCUT2D eigenvalue weighted by Gasteiger charge is 2.10. The average molecular weight is 310 g/mol. The van der Waals surface area contributed by atoms with Gasteiger partial charge in [-0.3, -0.25) is 4.79 Å². The Morgan fingerprint density at radius 1 is 1.39 bits per heavy atom. The van der Waals surface area contributed by atoms with Gasteiger partial charge in [0.05, 0.1) is 0 Å². The number of nitrogens with one attached hydrogen (secondary N) is 2. The largest absolute Gasteiger partial charge is 0.477 e. The number of halogens is 1. The second-order valence-corrected chi connectivity index (χ2v) is 4.35. The number of carbonyl (C=O) groups is 1. The Bertz CT molecular complexity index is 654. The van der Waals surface area contributed by atoms with E-state index in [0.29, 0.717) is 0 Å². The van der Waals surface area contributed by atoms with Crippen molar-refractivity contribution in [3.8, 4) is 0 Å². The predicted molar refractivity (Wildman–Crippen MR) is 69.2 cm³/mol. The van der Waals surface area contributed by atoms with Gasteiger partial charge < -0.3 is 10.4 Å². The van der Waals surface area contributed by atoms with E-state index in [1.165, 1.54) is 6.07 Å². The van der Waals surface area contributed by atoms with Crippen molar-refractivity contribution < 1.29 is 9.90 Å². The molecule has 1 aromatic carbocycles. The van der Waals surface area contributed by atoms with Crippen molar-refractivity contribution in [2.45, 2.75) is 0 Å². The van der Waals surface area contributed by atoms with Gasteiger partial charge in [0.15, 0.2) is 5.82 Å². The number of hydrogen-bond donors (Lipinski definition) is 3. The van der Waals surface area contributed by atoms with Gasteiger partial charge in [-0.05, 0) is 18.2 Å². The molecule has 1 heterocycles. The normalized spacial score (nSPS) is 10.1. The fourth-order valence-corrected chi connectivity index (χ4v) is 1.74. The summed E-state index contributed by atoms with van der Waals surface area (Å²) in [4.78, 5) is 22.0. The predicted octanol–water partition coefficient (Wildman–Crippen LogP) is 1.97. The molecule has 0 fully saturated rings. The highest BCUT2D eigenvalue weighted by atomic mass is 79.9. The zero-order chi connectivity index (χ0) is 13.1. The van der Waals surface area contributed by atoms with Crippen LogP contribution in [0.15, 0.2) is 39.6 Å². The van der Waals surface area contributed by atoms with Crippen molar-refractivity contribution >= 4 is 33.4 Å². The summed E-state index contributed by atoms with van der Waals surface area (Å²) in [6.07, 6.45) is 0. The molecule has 2 aromatic rings. The molecule has 0 saturated heterocycles. The van der Waals surface area contributed by atoms with Gasteiger partial charge in [0.25, 0.3) is 5.56 Å². The van der Waals surface area contributed by atoms with Crippen LogP contribution in [0.4, 0.5) is 11.5 Å². The molecular weight excluding hydrogens is 302 g/mol. The molecule has 92 valence electrons. The molecular formula is C11H8BrN3O3. The molecule has 18 heavy (non-hydrogen) atoms. The second-order valence-electron chi connectivity index (χ2n) is 3.44. The van der Waals surface area contributed by atoms with Crippen molar-refractivity contribution in [1.29, 1.82) is 0 Å². The molecule has 0 saturated carbocycles. The summed E-state index contributed by atoms with van der Waals surface area (Å²) in [5.74, 6) is -1.04. The number of hydrogen-bond acceptors (Lipinski definition) is 4. The van der Waals surface area contributed by atoms with Gasteiger partial charge in [-0.1, -0.05) is 22.0 Å². The van der Waals surface area contributed by atoms with Crippen LogP contribution < -0.4 is 10.9 Å². The number of anilines is 2. The highest BCUT2D eigenvalue weighted by Crippen LogP contribution is 2.18. The fourth-order valence-electron chi connectivity index (χ4n) is 1.34. The third kappa shape index (κ3) is 2.75. The molecule has 0 aliphatic rings. The Labute approximate surface area is 110 Å². The fraction of sp³-hybridized carbons (Fsp3) is 0. The number of H-pyrrole nitrogens is 1. The molecule has 0 aliphatic heterocycles. The molecule has 0 radical (unpaired) electrons. The highest BCUT2D eigenvalue weighted by molar-refractivity contribution is 9.10. The number of aromatic carboxylic acids is 1. The summed E-state index contributed by atoms with van der Waals surface area (Å²) < 4.78 is 0.871. The van der Waals surface area contributed by atoms with Crippen molar-refractivity contribution in [3.63, 3.8) is 0 Å². The van der Waals surface area contributed by atoms with Crippen LogP contribution in [-0.4, -0.2) is 21.3 Å². The van der Waals surface area contributed by atoms with E-state index < -0.39 is 11.5 Å². The van der Waals surface area contributed by atoms with Crippen LogP contribution in [0.1, 0.15) is 10.4 Å². The van der Waals surface area contributed by atoms with E-state index in [1.54, 1.807) is 12.1 Å². The van der Waals surface area contributed by atoms with Crippen LogP contribution in [0, 0.1) is 0 Å². The maximum atomic E-state index is 11.2. The Kier molecular flexibility index (Phi) is 3.42. The minimum atomic E-state index is -1.30. The molecule has 0 spiro atoms. The molecule has 2 rings (SSSR count). The monoisotopic (exact) mass is 309 g/mol. The van der Waals surface area contributed by atoms with Crippen molar-refractivity contribution in [1.82, 2.24) is 10.2 Å². The number of carboxylic acid groups (broad SMARTS) is 1. The van der Waals surface area contributed by atoms with Crippen LogP contribution in [0.3, 0.4) is 0 Å². The number of rotatable bonds is 3. The lowest BCUT2D eigenvalue weighted by molar-refractivity contribution is 0.0694. The van der Waals surface area contributed by atoms with Gasteiger partial charge in [-0.25, -0.2) is 9.89 Å². The van der Waals surface area contributed by atoms with Gasteiger partial charge >= 0.3 is 5.97 Å². The summed E-state index contributed by atoms with van der Waals surface area (Å²) in [6.45, 7) is 0. The summed E-state index contributed by atoms with van der Waals surface area (Å²) in [6, 6.07) is 8.44.